The molecule has 1 heterocycles. The number of nitrogens with two attached hydrogens (primary N) is 1. The number of fused-ring (bicyclic) bond motifs is 6. The zero-order valence-corrected chi connectivity index (χ0v) is 30.3. The van der Waals surface area contributed by atoms with Crippen LogP contribution in [0.4, 0.5) is 0 Å². The van der Waals surface area contributed by atoms with Crippen LogP contribution in [0.25, 0.3) is 49.7 Å². The van der Waals surface area contributed by atoms with Crippen molar-refractivity contribution in [3.8, 4) is 27.9 Å². The van der Waals surface area contributed by atoms with Gasteiger partial charge < -0.3 is 10.3 Å². The van der Waals surface area contributed by atoms with Gasteiger partial charge in [0.25, 0.3) is 0 Å². The Morgan fingerprint density at radius 1 is 0.491 bits per heavy atom. The van der Waals surface area contributed by atoms with E-state index in [2.05, 4.69) is 185 Å². The molecule has 0 bridgehead atoms. The number of hydrogen-bond donors (Lipinski definition) is 1. The van der Waals surface area contributed by atoms with Gasteiger partial charge in [-0.05, 0) is 92.0 Å². The van der Waals surface area contributed by atoms with E-state index in [0.29, 0.717) is 6.54 Å². The van der Waals surface area contributed by atoms with Crippen LogP contribution in [0.1, 0.15) is 39.5 Å². The lowest BCUT2D eigenvalue weighted by molar-refractivity contribution is 0.692. The Morgan fingerprint density at radius 2 is 1.13 bits per heavy atom. The number of benzene rings is 8. The second-order valence-corrected chi connectivity index (χ2v) is 14.3. The number of aromatic nitrogens is 1. The van der Waals surface area contributed by atoms with E-state index in [0.717, 1.165) is 27.8 Å². The van der Waals surface area contributed by atoms with Crippen LogP contribution >= 0.6 is 0 Å². The molecule has 1 aliphatic carbocycles. The van der Waals surface area contributed by atoms with Gasteiger partial charge in [0, 0.05) is 16.5 Å². The predicted octanol–water partition coefficient (Wildman–Crippen LogP) is 12.4. The molecule has 4 heteroatoms. The van der Waals surface area contributed by atoms with Crippen molar-refractivity contribution in [3.05, 3.63) is 234 Å². The van der Waals surface area contributed by atoms with E-state index in [4.69, 9.17) is 5.73 Å². The Morgan fingerprint density at radius 3 is 1.85 bits per heavy atom. The third kappa shape index (κ3) is 5.41. The number of rotatable bonds is 8. The van der Waals surface area contributed by atoms with Crippen LogP contribution in [0.2, 0.25) is 0 Å². The molecule has 0 radical (unpaired) electrons. The van der Waals surface area contributed by atoms with Crippen LogP contribution in [0.5, 0.6) is 0 Å². The van der Waals surface area contributed by atoms with Crippen LogP contribution in [0.15, 0.2) is 210 Å². The molecule has 262 valence electrons. The van der Waals surface area contributed by atoms with E-state index in [1.54, 1.807) is 0 Å². The summed E-state index contributed by atoms with van der Waals surface area (Å²) in [5.41, 5.74) is 21.3. The molecule has 8 aromatic carbocycles. The van der Waals surface area contributed by atoms with Gasteiger partial charge in [-0.2, -0.15) is 10.2 Å². The maximum absolute atomic E-state index is 6.36. The molecule has 4 nitrogen and oxygen atoms in total. The fraction of sp³-hybridized carbons (Fsp3) is 0.0588. The standard InChI is InChI=1S/C51H38N4/c52-50(37-19-7-2-8-20-37)54-53-34-35-16-15-25-41(30-35)55-48-29-28-38(36-17-5-1-6-18-36)31-44(48)45-32-43-42-26-13-14-27-46(42)51(47(43)33-49(45)55,39-21-9-3-10-22-39)40-23-11-4-12-24-40/h1-33,50H,34,52H2/b54-53-. The topological polar surface area (TPSA) is 55.7 Å². The average molecular weight is 707 g/mol. The Hall–Kier alpha value is -6.88. The Bertz CT molecular complexity index is 2800. The van der Waals surface area contributed by atoms with Crippen LogP contribution in [-0.4, -0.2) is 4.57 Å². The van der Waals surface area contributed by atoms with Crippen LogP contribution < -0.4 is 5.73 Å². The lowest BCUT2D eigenvalue weighted by Gasteiger charge is -2.34. The summed E-state index contributed by atoms with van der Waals surface area (Å²) in [4.78, 5) is 0. The van der Waals surface area contributed by atoms with E-state index in [9.17, 15) is 0 Å². The zero-order chi connectivity index (χ0) is 36.8. The summed E-state index contributed by atoms with van der Waals surface area (Å²) in [6, 6.07) is 72.0. The summed E-state index contributed by atoms with van der Waals surface area (Å²) in [5, 5.41) is 11.4. The molecule has 1 unspecified atom stereocenters. The van der Waals surface area contributed by atoms with Crippen LogP contribution in [0, 0.1) is 0 Å². The van der Waals surface area contributed by atoms with Gasteiger partial charge in [0.1, 0.15) is 6.17 Å². The molecule has 1 aliphatic rings. The zero-order valence-electron chi connectivity index (χ0n) is 30.3. The molecule has 0 fully saturated rings. The minimum Gasteiger partial charge on any atom is -0.309 e. The van der Waals surface area contributed by atoms with Crippen molar-refractivity contribution in [2.24, 2.45) is 16.0 Å². The minimum atomic E-state index is -0.501. The van der Waals surface area contributed by atoms with Gasteiger partial charge in [0.05, 0.1) is 23.0 Å². The van der Waals surface area contributed by atoms with Crippen molar-refractivity contribution < 1.29 is 0 Å². The third-order valence-electron chi connectivity index (χ3n) is 11.2. The summed E-state index contributed by atoms with van der Waals surface area (Å²) in [6.45, 7) is 0.430. The molecule has 10 rings (SSSR count). The van der Waals surface area contributed by atoms with Gasteiger partial charge in [-0.3, -0.25) is 0 Å². The summed E-state index contributed by atoms with van der Waals surface area (Å²) in [7, 11) is 0. The van der Waals surface area contributed by atoms with Gasteiger partial charge in [0.15, 0.2) is 0 Å². The fourth-order valence-corrected chi connectivity index (χ4v) is 8.76. The molecule has 0 saturated carbocycles. The normalized spacial score (nSPS) is 13.6. The SMILES string of the molecule is NC(/N=N\Cc1cccc(-n2c3ccc(-c4ccccc4)cc3c3cc4c(cc32)C(c2ccccc2)(c2ccccc2)c2ccccc2-4)c1)c1ccccc1. The van der Waals surface area contributed by atoms with E-state index in [1.165, 1.54) is 55.3 Å². The molecular formula is C51H38N4. The highest BCUT2D eigenvalue weighted by Crippen LogP contribution is 2.57. The lowest BCUT2D eigenvalue weighted by Crippen LogP contribution is -2.28. The number of azo groups is 1. The molecule has 1 aromatic heterocycles. The van der Waals surface area contributed by atoms with Crippen molar-refractivity contribution in [2.75, 3.05) is 0 Å². The van der Waals surface area contributed by atoms with Crippen LogP contribution in [-0.2, 0) is 12.0 Å². The highest BCUT2D eigenvalue weighted by molar-refractivity contribution is 6.13. The largest absolute Gasteiger partial charge is 0.309 e. The second-order valence-electron chi connectivity index (χ2n) is 14.3. The summed E-state index contributed by atoms with van der Waals surface area (Å²) in [5.74, 6) is 0. The van der Waals surface area contributed by atoms with E-state index >= 15 is 0 Å². The average Bonchev–Trinajstić information content (AvgIpc) is 3.73. The molecule has 9 aromatic rings. The van der Waals surface area contributed by atoms with Crippen LogP contribution in [0.3, 0.4) is 0 Å². The monoisotopic (exact) mass is 706 g/mol. The first-order valence-electron chi connectivity index (χ1n) is 18.9. The quantitative estimate of drug-likeness (QED) is 0.157. The van der Waals surface area contributed by atoms with E-state index < -0.39 is 11.6 Å². The number of nitrogens with zero attached hydrogens (tertiary/aromatic N) is 3. The predicted molar refractivity (Wildman–Crippen MR) is 225 cm³/mol. The maximum Gasteiger partial charge on any atom is 0.144 e. The highest BCUT2D eigenvalue weighted by Gasteiger charge is 2.46. The van der Waals surface area contributed by atoms with Gasteiger partial charge in [0.2, 0.25) is 0 Å². The molecule has 1 atom stereocenters. The molecule has 0 aliphatic heterocycles. The first-order valence-corrected chi connectivity index (χ1v) is 18.9. The number of hydrogen-bond acceptors (Lipinski definition) is 3. The minimum absolute atomic E-state index is 0.430. The van der Waals surface area contributed by atoms with Crippen molar-refractivity contribution in [3.63, 3.8) is 0 Å². The Balaban J connectivity index is 1.21. The highest BCUT2D eigenvalue weighted by atomic mass is 15.2. The molecule has 2 N–H and O–H groups in total. The summed E-state index contributed by atoms with van der Waals surface area (Å²) < 4.78 is 2.43. The first-order chi connectivity index (χ1) is 27.2. The fourth-order valence-electron chi connectivity index (χ4n) is 8.76. The van der Waals surface area contributed by atoms with Crippen molar-refractivity contribution >= 4 is 21.8 Å². The van der Waals surface area contributed by atoms with Gasteiger partial charge in [-0.1, -0.05) is 164 Å². The van der Waals surface area contributed by atoms with E-state index in [1.807, 2.05) is 30.3 Å². The Kier molecular flexibility index (Phi) is 8.05. The molecule has 0 amide bonds. The van der Waals surface area contributed by atoms with E-state index in [-0.39, 0.29) is 0 Å². The molecular weight excluding hydrogens is 669 g/mol. The van der Waals surface area contributed by atoms with Crippen molar-refractivity contribution in [2.45, 2.75) is 18.1 Å². The smallest absolute Gasteiger partial charge is 0.144 e. The van der Waals surface area contributed by atoms with Gasteiger partial charge >= 0.3 is 0 Å². The van der Waals surface area contributed by atoms with Crippen molar-refractivity contribution in [1.82, 2.24) is 4.57 Å². The van der Waals surface area contributed by atoms with Gasteiger partial charge in [-0.15, -0.1) is 0 Å². The Labute approximate surface area is 320 Å². The summed E-state index contributed by atoms with van der Waals surface area (Å²) in [6.07, 6.45) is -0.499. The molecule has 0 saturated heterocycles. The first kappa shape index (κ1) is 32.7. The van der Waals surface area contributed by atoms with Gasteiger partial charge in [-0.25, -0.2) is 0 Å². The maximum atomic E-state index is 6.36. The summed E-state index contributed by atoms with van der Waals surface area (Å²) >= 11 is 0. The molecule has 55 heavy (non-hydrogen) atoms. The van der Waals surface area contributed by atoms with Crippen molar-refractivity contribution in [1.29, 1.82) is 0 Å². The lowest BCUT2D eigenvalue weighted by atomic mass is 9.67. The second kappa shape index (κ2) is 13.5. The molecule has 0 spiro atoms. The third-order valence-corrected chi connectivity index (χ3v) is 11.2.